The summed E-state index contributed by atoms with van der Waals surface area (Å²) in [7, 11) is 0. The lowest BCUT2D eigenvalue weighted by molar-refractivity contribution is -0.136. The zero-order valence-corrected chi connectivity index (χ0v) is 18.4. The van der Waals surface area contributed by atoms with Crippen LogP contribution in [0.15, 0.2) is 23.3 Å². The van der Waals surface area contributed by atoms with E-state index in [0.29, 0.717) is 26.2 Å². The molecule has 3 rings (SSSR count). The second kappa shape index (κ2) is 10.1. The third-order valence-electron chi connectivity index (χ3n) is 4.41. The monoisotopic (exact) mass is 467 g/mol. The summed E-state index contributed by atoms with van der Waals surface area (Å²) in [5.41, 5.74) is 3.99. The first-order chi connectivity index (χ1) is 14.4. The SMILES string of the molecule is CCOC(=O)c1c(NC(=O)C(=O)N/N=C/c2ccc(Cl)c(Cl)c2)sc2c1CCCC2. The lowest BCUT2D eigenvalue weighted by Gasteiger charge is -2.12. The van der Waals surface area contributed by atoms with Crippen molar-refractivity contribution in [3.05, 3.63) is 49.8 Å². The van der Waals surface area contributed by atoms with Crippen molar-refractivity contribution in [3.63, 3.8) is 0 Å². The van der Waals surface area contributed by atoms with Gasteiger partial charge in [0, 0.05) is 4.88 Å². The van der Waals surface area contributed by atoms with Crippen LogP contribution in [0.3, 0.4) is 0 Å². The average Bonchev–Trinajstić information content (AvgIpc) is 3.08. The molecule has 0 saturated carbocycles. The van der Waals surface area contributed by atoms with E-state index in [0.717, 1.165) is 36.1 Å². The number of esters is 1. The molecular weight excluding hydrogens is 449 g/mol. The molecule has 0 fully saturated rings. The fourth-order valence-electron chi connectivity index (χ4n) is 3.04. The highest BCUT2D eigenvalue weighted by atomic mass is 35.5. The van der Waals surface area contributed by atoms with Crippen LogP contribution in [-0.2, 0) is 27.2 Å². The standard InChI is InChI=1S/C20H19Cl2N3O4S/c1-2-29-20(28)16-12-5-3-4-6-15(12)30-19(16)24-17(26)18(27)25-23-10-11-7-8-13(21)14(22)9-11/h7-10H,2-6H2,1H3,(H,24,26)(H,25,27)/b23-10+. The van der Waals surface area contributed by atoms with Crippen molar-refractivity contribution < 1.29 is 19.1 Å². The van der Waals surface area contributed by atoms with Crippen molar-refractivity contribution in [2.75, 3.05) is 11.9 Å². The van der Waals surface area contributed by atoms with Gasteiger partial charge < -0.3 is 10.1 Å². The summed E-state index contributed by atoms with van der Waals surface area (Å²) < 4.78 is 5.14. The lowest BCUT2D eigenvalue weighted by Crippen LogP contribution is -2.32. The van der Waals surface area contributed by atoms with Crippen molar-refractivity contribution in [2.24, 2.45) is 5.10 Å². The number of hydrogen-bond acceptors (Lipinski definition) is 6. The maximum absolute atomic E-state index is 12.4. The number of benzene rings is 1. The number of nitrogens with one attached hydrogen (secondary N) is 2. The van der Waals surface area contributed by atoms with Crippen LogP contribution in [0.2, 0.25) is 10.0 Å². The van der Waals surface area contributed by atoms with E-state index < -0.39 is 17.8 Å². The number of fused-ring (bicyclic) bond motifs is 1. The van der Waals surface area contributed by atoms with Crippen molar-refractivity contribution in [2.45, 2.75) is 32.6 Å². The van der Waals surface area contributed by atoms with Crippen LogP contribution in [0.4, 0.5) is 5.00 Å². The number of carbonyl (C=O) groups excluding carboxylic acids is 3. The number of halogens is 2. The number of amides is 2. The Balaban J connectivity index is 1.69. The molecule has 10 heteroatoms. The maximum atomic E-state index is 12.4. The Bertz CT molecular complexity index is 1020. The van der Waals surface area contributed by atoms with Gasteiger partial charge in [0.25, 0.3) is 0 Å². The van der Waals surface area contributed by atoms with E-state index in [1.165, 1.54) is 17.6 Å². The Morgan fingerprint density at radius 1 is 1.17 bits per heavy atom. The predicted molar refractivity (Wildman–Crippen MR) is 118 cm³/mol. The Morgan fingerprint density at radius 2 is 1.93 bits per heavy atom. The van der Waals surface area contributed by atoms with E-state index in [4.69, 9.17) is 27.9 Å². The average molecular weight is 468 g/mol. The third-order valence-corrected chi connectivity index (χ3v) is 6.35. The van der Waals surface area contributed by atoms with E-state index in [1.807, 2.05) is 0 Å². The van der Waals surface area contributed by atoms with Crippen molar-refractivity contribution in [1.82, 2.24) is 5.43 Å². The summed E-state index contributed by atoms with van der Waals surface area (Å²) in [6.07, 6.45) is 4.90. The highest BCUT2D eigenvalue weighted by Crippen LogP contribution is 2.38. The second-order valence-electron chi connectivity index (χ2n) is 6.46. The third kappa shape index (κ3) is 5.19. The van der Waals surface area contributed by atoms with Crippen LogP contribution in [0.25, 0.3) is 0 Å². The van der Waals surface area contributed by atoms with Crippen LogP contribution < -0.4 is 10.7 Å². The molecule has 2 N–H and O–H groups in total. The molecule has 0 atom stereocenters. The smallest absolute Gasteiger partial charge is 0.341 e. The number of nitrogens with zero attached hydrogens (tertiary/aromatic N) is 1. The molecule has 1 heterocycles. The second-order valence-corrected chi connectivity index (χ2v) is 8.38. The minimum Gasteiger partial charge on any atom is -0.462 e. The first kappa shape index (κ1) is 22.3. The molecule has 30 heavy (non-hydrogen) atoms. The van der Waals surface area contributed by atoms with Crippen molar-refractivity contribution in [3.8, 4) is 0 Å². The molecular formula is C20H19Cl2N3O4S. The fourth-order valence-corrected chi connectivity index (χ4v) is 4.62. The molecule has 0 aliphatic heterocycles. The fraction of sp³-hybridized carbons (Fsp3) is 0.300. The number of hydrazone groups is 1. The quantitative estimate of drug-likeness (QED) is 0.298. The molecule has 158 valence electrons. The number of rotatable bonds is 5. The first-order valence-electron chi connectivity index (χ1n) is 9.31. The molecule has 0 bridgehead atoms. The van der Waals surface area contributed by atoms with Gasteiger partial charge in [0.05, 0.1) is 28.4 Å². The van der Waals surface area contributed by atoms with Gasteiger partial charge >= 0.3 is 17.8 Å². The van der Waals surface area contributed by atoms with Gasteiger partial charge in [0.15, 0.2) is 0 Å². The van der Waals surface area contributed by atoms with Gasteiger partial charge in [-0.2, -0.15) is 5.10 Å². The number of thiophene rings is 1. The Labute approximate surface area is 187 Å². The summed E-state index contributed by atoms with van der Waals surface area (Å²) in [4.78, 5) is 37.9. The van der Waals surface area contributed by atoms with Crippen molar-refractivity contribution >= 4 is 63.5 Å². The summed E-state index contributed by atoms with van der Waals surface area (Å²) in [6, 6.07) is 4.82. The predicted octanol–water partition coefficient (Wildman–Crippen LogP) is 4.20. The van der Waals surface area contributed by atoms with Crippen LogP contribution in [0.1, 0.15) is 46.1 Å². The summed E-state index contributed by atoms with van der Waals surface area (Å²) in [5.74, 6) is -2.39. The Kier molecular flexibility index (Phi) is 7.47. The topological polar surface area (TPSA) is 96.9 Å². The minimum absolute atomic E-state index is 0.223. The first-order valence-corrected chi connectivity index (χ1v) is 10.9. The van der Waals surface area contributed by atoms with Gasteiger partial charge in [-0.3, -0.25) is 9.59 Å². The zero-order valence-electron chi connectivity index (χ0n) is 16.1. The molecule has 1 aromatic carbocycles. The van der Waals surface area contributed by atoms with Gasteiger partial charge in [0.1, 0.15) is 5.00 Å². The van der Waals surface area contributed by atoms with E-state index in [2.05, 4.69) is 15.8 Å². The molecule has 2 amide bonds. The van der Waals surface area contributed by atoms with Crippen LogP contribution in [-0.4, -0.2) is 30.6 Å². The Morgan fingerprint density at radius 3 is 2.67 bits per heavy atom. The summed E-state index contributed by atoms with van der Waals surface area (Å²) >= 11 is 13.1. The summed E-state index contributed by atoms with van der Waals surface area (Å²) in [6.45, 7) is 1.94. The van der Waals surface area contributed by atoms with E-state index >= 15 is 0 Å². The van der Waals surface area contributed by atoms with E-state index in [1.54, 1.807) is 25.1 Å². The van der Waals surface area contributed by atoms with Gasteiger partial charge in [-0.1, -0.05) is 29.3 Å². The highest BCUT2D eigenvalue weighted by Gasteiger charge is 2.28. The molecule has 2 aromatic rings. The van der Waals surface area contributed by atoms with Crippen molar-refractivity contribution in [1.29, 1.82) is 0 Å². The number of hydrogen-bond donors (Lipinski definition) is 2. The molecule has 0 radical (unpaired) electrons. The lowest BCUT2D eigenvalue weighted by atomic mass is 9.95. The molecule has 0 saturated heterocycles. The highest BCUT2D eigenvalue weighted by molar-refractivity contribution is 7.17. The molecule has 0 spiro atoms. The van der Waals surface area contributed by atoms with Crippen LogP contribution in [0, 0.1) is 0 Å². The molecule has 1 aliphatic carbocycles. The molecule has 7 nitrogen and oxygen atoms in total. The van der Waals surface area contributed by atoms with Crippen LogP contribution in [0.5, 0.6) is 0 Å². The van der Waals surface area contributed by atoms with Gasteiger partial charge in [-0.05, 0) is 55.9 Å². The van der Waals surface area contributed by atoms with E-state index in [9.17, 15) is 14.4 Å². The van der Waals surface area contributed by atoms with E-state index in [-0.39, 0.29) is 6.61 Å². The van der Waals surface area contributed by atoms with Gasteiger partial charge in [-0.25, -0.2) is 10.2 Å². The van der Waals surface area contributed by atoms with Crippen LogP contribution >= 0.6 is 34.5 Å². The largest absolute Gasteiger partial charge is 0.462 e. The number of aryl methyl sites for hydroxylation is 1. The number of carbonyl (C=O) groups is 3. The number of anilines is 1. The Hall–Kier alpha value is -2.42. The molecule has 0 unspecified atom stereocenters. The van der Waals surface area contributed by atoms with Gasteiger partial charge in [0.2, 0.25) is 0 Å². The summed E-state index contributed by atoms with van der Waals surface area (Å²) in [5, 5.41) is 7.35. The number of ether oxygens (including phenoxy) is 1. The molecule has 1 aromatic heterocycles. The van der Waals surface area contributed by atoms with Gasteiger partial charge in [-0.15, -0.1) is 11.3 Å². The minimum atomic E-state index is -0.965. The molecule has 1 aliphatic rings. The maximum Gasteiger partial charge on any atom is 0.341 e. The normalized spacial score (nSPS) is 13.0. The zero-order chi connectivity index (χ0) is 21.7.